The predicted molar refractivity (Wildman–Crippen MR) is 99.9 cm³/mol. The van der Waals surface area contributed by atoms with Gasteiger partial charge in [-0.25, -0.2) is 0 Å². The molecule has 2 nitrogen and oxygen atoms in total. The van der Waals surface area contributed by atoms with Gasteiger partial charge in [0.15, 0.2) is 0 Å². The van der Waals surface area contributed by atoms with Crippen LogP contribution in [0.1, 0.15) is 56.4 Å². The molecule has 0 heterocycles. The van der Waals surface area contributed by atoms with Crippen LogP contribution < -0.4 is 5.32 Å². The number of aliphatic hydroxyl groups excluding tert-OH is 1. The lowest BCUT2D eigenvalue weighted by Crippen LogP contribution is -2.23. The van der Waals surface area contributed by atoms with Gasteiger partial charge in [-0.15, -0.1) is 0 Å². The van der Waals surface area contributed by atoms with E-state index in [9.17, 15) is 5.11 Å². The van der Waals surface area contributed by atoms with Crippen LogP contribution in [0.5, 0.6) is 0 Å². The minimum Gasteiger partial charge on any atom is -0.387 e. The number of hydrogen-bond donors (Lipinski definition) is 2. The molecule has 2 rings (SSSR count). The van der Waals surface area contributed by atoms with E-state index in [1.54, 1.807) is 0 Å². The van der Waals surface area contributed by atoms with Crippen molar-refractivity contribution in [1.82, 2.24) is 5.32 Å². The first-order valence-corrected chi connectivity index (χ1v) is 8.69. The van der Waals surface area contributed by atoms with Crippen LogP contribution >= 0.6 is 0 Å². The summed E-state index contributed by atoms with van der Waals surface area (Å²) in [6.07, 6.45) is 0.550. The Kier molecular flexibility index (Phi) is 9.27. The molecule has 126 valence electrons. The van der Waals surface area contributed by atoms with E-state index in [0.29, 0.717) is 12.5 Å². The standard InChI is InChI=1S/C19H25NO.C2H6/c1-15(2)17-10-8-16(9-11-17)12-13-20-14-19(21)18-6-4-3-5-7-18;1-2/h3-11,15,19-21H,12-14H2,1-2H3;1-2H3. The summed E-state index contributed by atoms with van der Waals surface area (Å²) >= 11 is 0. The van der Waals surface area contributed by atoms with Gasteiger partial charge in [-0.05, 0) is 35.6 Å². The van der Waals surface area contributed by atoms with E-state index in [-0.39, 0.29) is 0 Å². The molecule has 1 unspecified atom stereocenters. The van der Waals surface area contributed by atoms with Gasteiger partial charge in [0.2, 0.25) is 0 Å². The fourth-order valence-electron chi connectivity index (χ4n) is 2.33. The minimum absolute atomic E-state index is 0.436. The molecule has 0 fully saturated rings. The Labute approximate surface area is 141 Å². The highest BCUT2D eigenvalue weighted by Gasteiger charge is 2.05. The fraction of sp³-hybridized carbons (Fsp3) is 0.429. The highest BCUT2D eigenvalue weighted by Crippen LogP contribution is 2.15. The maximum atomic E-state index is 10.1. The van der Waals surface area contributed by atoms with Crippen LogP contribution in [0.3, 0.4) is 0 Å². The molecule has 0 spiro atoms. The van der Waals surface area contributed by atoms with Crippen LogP contribution in [-0.2, 0) is 6.42 Å². The SMILES string of the molecule is CC.CC(C)c1ccc(CCNCC(O)c2ccccc2)cc1. The minimum atomic E-state index is -0.436. The van der Waals surface area contributed by atoms with E-state index in [0.717, 1.165) is 18.5 Å². The average Bonchev–Trinajstić information content (AvgIpc) is 2.61. The summed E-state index contributed by atoms with van der Waals surface area (Å²) in [6, 6.07) is 18.6. The van der Waals surface area contributed by atoms with Crippen molar-refractivity contribution in [3.8, 4) is 0 Å². The van der Waals surface area contributed by atoms with Crippen LogP contribution in [0, 0.1) is 0 Å². The zero-order valence-electron chi connectivity index (χ0n) is 14.9. The summed E-state index contributed by atoms with van der Waals surface area (Å²) in [6.45, 7) is 9.89. The number of aliphatic hydroxyl groups is 1. The smallest absolute Gasteiger partial charge is 0.0914 e. The van der Waals surface area contributed by atoms with E-state index in [1.165, 1.54) is 11.1 Å². The van der Waals surface area contributed by atoms with E-state index in [1.807, 2.05) is 44.2 Å². The largest absolute Gasteiger partial charge is 0.387 e. The van der Waals surface area contributed by atoms with Crippen LogP contribution in [-0.4, -0.2) is 18.2 Å². The van der Waals surface area contributed by atoms with Crippen molar-refractivity contribution in [2.45, 2.75) is 46.1 Å². The van der Waals surface area contributed by atoms with E-state index in [4.69, 9.17) is 0 Å². The number of benzene rings is 2. The van der Waals surface area contributed by atoms with E-state index < -0.39 is 6.10 Å². The molecule has 23 heavy (non-hydrogen) atoms. The number of hydrogen-bond acceptors (Lipinski definition) is 2. The third kappa shape index (κ3) is 6.98. The maximum absolute atomic E-state index is 10.1. The van der Waals surface area contributed by atoms with Crippen molar-refractivity contribution in [3.63, 3.8) is 0 Å². The van der Waals surface area contributed by atoms with Gasteiger partial charge >= 0.3 is 0 Å². The van der Waals surface area contributed by atoms with Gasteiger partial charge in [0.1, 0.15) is 0 Å². The highest BCUT2D eigenvalue weighted by atomic mass is 16.3. The first-order chi connectivity index (χ1) is 11.2. The van der Waals surface area contributed by atoms with Gasteiger partial charge in [0, 0.05) is 6.54 Å². The summed E-state index contributed by atoms with van der Waals surface area (Å²) in [7, 11) is 0. The lowest BCUT2D eigenvalue weighted by molar-refractivity contribution is 0.175. The average molecular weight is 313 g/mol. The van der Waals surface area contributed by atoms with Crippen molar-refractivity contribution < 1.29 is 5.11 Å². The lowest BCUT2D eigenvalue weighted by Gasteiger charge is -2.12. The van der Waals surface area contributed by atoms with Crippen molar-refractivity contribution in [2.75, 3.05) is 13.1 Å². The molecule has 2 N–H and O–H groups in total. The zero-order chi connectivity index (χ0) is 17.1. The van der Waals surface area contributed by atoms with Crippen molar-refractivity contribution in [3.05, 3.63) is 71.3 Å². The molecular formula is C21H31NO. The molecule has 0 radical (unpaired) electrons. The van der Waals surface area contributed by atoms with E-state index in [2.05, 4.69) is 43.4 Å². The van der Waals surface area contributed by atoms with Crippen molar-refractivity contribution >= 4 is 0 Å². The summed E-state index contributed by atoms with van der Waals surface area (Å²) in [5.74, 6) is 0.582. The summed E-state index contributed by atoms with van der Waals surface area (Å²) in [5.41, 5.74) is 3.68. The highest BCUT2D eigenvalue weighted by molar-refractivity contribution is 5.24. The molecule has 2 aromatic carbocycles. The zero-order valence-corrected chi connectivity index (χ0v) is 14.9. The summed E-state index contributed by atoms with van der Waals surface area (Å²) in [4.78, 5) is 0. The quantitative estimate of drug-likeness (QED) is 0.726. The molecule has 0 aromatic heterocycles. The van der Waals surface area contributed by atoms with Crippen LogP contribution in [0.15, 0.2) is 54.6 Å². The molecule has 2 aromatic rings. The van der Waals surface area contributed by atoms with Crippen molar-refractivity contribution in [2.24, 2.45) is 0 Å². The molecule has 2 heteroatoms. The van der Waals surface area contributed by atoms with Gasteiger partial charge in [-0.2, -0.15) is 0 Å². The Morgan fingerprint density at radius 3 is 2.04 bits per heavy atom. The Bertz CT molecular complexity index is 519. The topological polar surface area (TPSA) is 32.3 Å². The molecular weight excluding hydrogens is 282 g/mol. The van der Waals surface area contributed by atoms with Gasteiger partial charge in [-0.3, -0.25) is 0 Å². The Morgan fingerprint density at radius 2 is 1.48 bits per heavy atom. The molecule has 0 aliphatic carbocycles. The third-order valence-electron chi connectivity index (χ3n) is 3.76. The second-order valence-corrected chi connectivity index (χ2v) is 5.78. The molecule has 0 saturated carbocycles. The molecule has 0 aliphatic rings. The Balaban J connectivity index is 0.00000127. The van der Waals surface area contributed by atoms with Crippen LogP contribution in [0.25, 0.3) is 0 Å². The van der Waals surface area contributed by atoms with Gasteiger partial charge in [-0.1, -0.05) is 82.3 Å². The normalized spacial score (nSPS) is 11.7. The van der Waals surface area contributed by atoms with Gasteiger partial charge in [0.05, 0.1) is 6.10 Å². The van der Waals surface area contributed by atoms with Gasteiger partial charge in [0.25, 0.3) is 0 Å². The first kappa shape index (κ1) is 19.4. The van der Waals surface area contributed by atoms with Crippen LogP contribution in [0.2, 0.25) is 0 Å². The molecule has 0 aliphatic heterocycles. The second-order valence-electron chi connectivity index (χ2n) is 5.78. The Hall–Kier alpha value is -1.64. The Morgan fingerprint density at radius 1 is 0.870 bits per heavy atom. The molecule has 0 saturated heterocycles. The fourth-order valence-corrected chi connectivity index (χ4v) is 2.33. The third-order valence-corrected chi connectivity index (χ3v) is 3.76. The van der Waals surface area contributed by atoms with Crippen LogP contribution in [0.4, 0.5) is 0 Å². The molecule has 1 atom stereocenters. The number of rotatable bonds is 7. The lowest BCUT2D eigenvalue weighted by atomic mass is 10.0. The predicted octanol–water partition coefficient (Wildman–Crippen LogP) is 4.70. The molecule has 0 bridgehead atoms. The summed E-state index contributed by atoms with van der Waals surface area (Å²) in [5, 5.41) is 13.4. The monoisotopic (exact) mass is 313 g/mol. The number of nitrogens with one attached hydrogen (secondary N) is 1. The van der Waals surface area contributed by atoms with Gasteiger partial charge < -0.3 is 10.4 Å². The molecule has 0 amide bonds. The summed E-state index contributed by atoms with van der Waals surface area (Å²) < 4.78 is 0. The first-order valence-electron chi connectivity index (χ1n) is 8.69. The maximum Gasteiger partial charge on any atom is 0.0914 e. The van der Waals surface area contributed by atoms with E-state index >= 15 is 0 Å². The second kappa shape index (κ2) is 11.0. The van der Waals surface area contributed by atoms with Crippen molar-refractivity contribution in [1.29, 1.82) is 0 Å².